The fraction of sp³-hybridized carbons (Fsp3) is 0.250. The first kappa shape index (κ1) is 24.4. The monoisotopic (exact) mass is 486 g/mol. The minimum absolute atomic E-state index is 0.0917. The molecule has 0 saturated heterocycles. The summed E-state index contributed by atoms with van der Waals surface area (Å²) in [7, 11) is 1.70. The Bertz CT molecular complexity index is 1370. The summed E-state index contributed by atoms with van der Waals surface area (Å²) in [6.07, 6.45) is 13.4. The van der Waals surface area contributed by atoms with Gasteiger partial charge in [0.2, 0.25) is 0 Å². The number of rotatable bonds is 7. The fourth-order valence-corrected chi connectivity index (χ4v) is 5.38. The number of nitrogens with zero attached hydrogens (tertiary/aromatic N) is 2. The van der Waals surface area contributed by atoms with Crippen LogP contribution in [0.15, 0.2) is 71.8 Å². The molecule has 1 amide bonds. The van der Waals surface area contributed by atoms with Gasteiger partial charge in [-0.15, -0.1) is 11.3 Å². The lowest BCUT2D eigenvalue weighted by Gasteiger charge is -2.14. The van der Waals surface area contributed by atoms with E-state index in [0.29, 0.717) is 11.4 Å². The number of thiophene rings is 1. The van der Waals surface area contributed by atoms with Crippen LogP contribution in [-0.2, 0) is 19.9 Å². The molecular formula is C28H30N4O2S. The van der Waals surface area contributed by atoms with E-state index in [1.54, 1.807) is 36.7 Å². The van der Waals surface area contributed by atoms with Gasteiger partial charge in [0.15, 0.2) is 5.82 Å². The van der Waals surface area contributed by atoms with Crippen LogP contribution < -0.4 is 16.2 Å². The first-order chi connectivity index (χ1) is 16.9. The first-order valence-electron chi connectivity index (χ1n) is 11.7. The quantitative estimate of drug-likeness (QED) is 0.401. The van der Waals surface area contributed by atoms with Crippen molar-refractivity contribution in [2.24, 2.45) is 7.05 Å². The number of amides is 1. The van der Waals surface area contributed by atoms with Crippen LogP contribution >= 0.6 is 11.3 Å². The Balaban J connectivity index is 1.65. The molecule has 0 bridgehead atoms. The van der Waals surface area contributed by atoms with Gasteiger partial charge in [0.25, 0.3) is 11.5 Å². The second-order valence-electron chi connectivity index (χ2n) is 8.57. The molecule has 6 nitrogen and oxygen atoms in total. The maximum Gasteiger partial charge on any atom is 0.293 e. The molecule has 4 rings (SSSR count). The molecule has 0 aliphatic heterocycles. The number of benzene rings is 1. The van der Waals surface area contributed by atoms with E-state index in [-0.39, 0.29) is 17.3 Å². The predicted molar refractivity (Wildman–Crippen MR) is 145 cm³/mol. The molecule has 0 spiro atoms. The fourth-order valence-electron chi connectivity index (χ4n) is 4.23. The minimum atomic E-state index is -0.239. The highest BCUT2D eigenvalue weighted by atomic mass is 32.1. The van der Waals surface area contributed by atoms with Crippen LogP contribution in [0.1, 0.15) is 45.4 Å². The zero-order valence-electron chi connectivity index (χ0n) is 20.4. The Morgan fingerprint density at radius 2 is 2.03 bits per heavy atom. The molecular weight excluding hydrogens is 456 g/mol. The van der Waals surface area contributed by atoms with Gasteiger partial charge in [-0.3, -0.25) is 9.59 Å². The van der Waals surface area contributed by atoms with Crippen molar-refractivity contribution in [1.29, 1.82) is 0 Å². The van der Waals surface area contributed by atoms with Gasteiger partial charge >= 0.3 is 0 Å². The van der Waals surface area contributed by atoms with Gasteiger partial charge in [0.05, 0.1) is 10.6 Å². The predicted octanol–water partition coefficient (Wildman–Crippen LogP) is 6.01. The Kier molecular flexibility index (Phi) is 7.46. The average Bonchev–Trinajstić information content (AvgIpc) is 3.28. The SMILES string of the molecule is C=C/C=C(\C=C/C)Nc1nc(-c2cccc(NC(=O)c3cc4c(s3)CCCC4)c2C)cn(C)c1=O. The number of anilines is 2. The number of allylic oxidation sites excluding steroid dienone is 4. The topological polar surface area (TPSA) is 76.0 Å². The van der Waals surface area contributed by atoms with Gasteiger partial charge in [-0.25, -0.2) is 4.98 Å². The summed E-state index contributed by atoms with van der Waals surface area (Å²) in [5.74, 6) is 0.125. The smallest absolute Gasteiger partial charge is 0.293 e. The molecule has 0 atom stereocenters. The van der Waals surface area contributed by atoms with Gasteiger partial charge in [-0.1, -0.05) is 30.9 Å². The highest BCUT2D eigenvalue weighted by molar-refractivity contribution is 7.14. The van der Waals surface area contributed by atoms with E-state index in [2.05, 4.69) is 22.2 Å². The number of aryl methyl sites for hydroxylation is 3. The van der Waals surface area contributed by atoms with Crippen molar-refractivity contribution >= 4 is 28.7 Å². The van der Waals surface area contributed by atoms with E-state index in [4.69, 9.17) is 0 Å². The number of carbonyl (C=O) groups excluding carboxylic acids is 1. The van der Waals surface area contributed by atoms with Crippen molar-refractivity contribution in [2.75, 3.05) is 10.6 Å². The number of carbonyl (C=O) groups is 1. The van der Waals surface area contributed by atoms with E-state index in [1.807, 2.05) is 50.3 Å². The van der Waals surface area contributed by atoms with E-state index in [0.717, 1.165) is 34.5 Å². The Labute approximate surface area is 209 Å². The molecule has 2 heterocycles. The largest absolute Gasteiger partial charge is 0.336 e. The lowest BCUT2D eigenvalue weighted by Crippen LogP contribution is -2.22. The summed E-state index contributed by atoms with van der Waals surface area (Å²) < 4.78 is 1.51. The van der Waals surface area contributed by atoms with Crippen LogP contribution in [0.3, 0.4) is 0 Å². The second kappa shape index (κ2) is 10.7. The van der Waals surface area contributed by atoms with Crippen molar-refractivity contribution in [3.8, 4) is 11.3 Å². The highest BCUT2D eigenvalue weighted by Crippen LogP contribution is 2.32. The van der Waals surface area contributed by atoms with Crippen LogP contribution in [0.25, 0.3) is 11.3 Å². The van der Waals surface area contributed by atoms with Crippen molar-refractivity contribution in [1.82, 2.24) is 9.55 Å². The summed E-state index contributed by atoms with van der Waals surface area (Å²) in [6.45, 7) is 7.58. The third kappa shape index (κ3) is 5.35. The molecule has 1 aliphatic rings. The zero-order valence-corrected chi connectivity index (χ0v) is 21.2. The van der Waals surface area contributed by atoms with Crippen molar-refractivity contribution in [3.63, 3.8) is 0 Å². The van der Waals surface area contributed by atoms with Gasteiger partial charge in [-0.2, -0.15) is 0 Å². The average molecular weight is 487 g/mol. The lowest BCUT2D eigenvalue weighted by molar-refractivity contribution is 0.103. The molecule has 2 aromatic heterocycles. The maximum atomic E-state index is 13.0. The van der Waals surface area contributed by atoms with Crippen molar-refractivity contribution in [3.05, 3.63) is 98.3 Å². The van der Waals surface area contributed by atoms with Crippen LogP contribution in [0.2, 0.25) is 0 Å². The molecule has 1 aliphatic carbocycles. The number of fused-ring (bicyclic) bond motifs is 1. The molecule has 0 fully saturated rings. The number of aromatic nitrogens is 2. The molecule has 0 unspecified atom stereocenters. The molecule has 35 heavy (non-hydrogen) atoms. The summed E-state index contributed by atoms with van der Waals surface area (Å²) in [6, 6.07) is 7.76. The summed E-state index contributed by atoms with van der Waals surface area (Å²) >= 11 is 1.60. The maximum absolute atomic E-state index is 13.0. The standard InChI is InChI=1S/C28H30N4O2S/c1-5-10-20(11-6-2)29-26-28(34)32(4)17-23(30-26)21-13-9-14-22(18(21)3)31-27(33)25-16-19-12-7-8-15-24(19)35-25/h5-6,9-11,13-14,16-17H,1,7-8,12,15H2,2-4H3,(H,29,30)(H,31,33)/b11-6-,20-10+. The third-order valence-corrected chi connectivity index (χ3v) is 7.29. The van der Waals surface area contributed by atoms with Crippen LogP contribution in [0.4, 0.5) is 11.5 Å². The van der Waals surface area contributed by atoms with Crippen LogP contribution in [0.5, 0.6) is 0 Å². The lowest BCUT2D eigenvalue weighted by atomic mass is 9.99. The minimum Gasteiger partial charge on any atom is -0.336 e. The summed E-state index contributed by atoms with van der Waals surface area (Å²) in [4.78, 5) is 32.5. The van der Waals surface area contributed by atoms with Crippen LogP contribution in [0, 0.1) is 6.92 Å². The van der Waals surface area contributed by atoms with Gasteiger partial charge in [-0.05, 0) is 74.9 Å². The first-order valence-corrected chi connectivity index (χ1v) is 12.6. The number of nitrogens with one attached hydrogen (secondary N) is 2. The zero-order chi connectivity index (χ0) is 24.9. The number of hydrogen-bond donors (Lipinski definition) is 2. The molecule has 0 radical (unpaired) electrons. The Morgan fingerprint density at radius 1 is 1.23 bits per heavy atom. The van der Waals surface area contributed by atoms with Crippen LogP contribution in [-0.4, -0.2) is 15.5 Å². The van der Waals surface area contributed by atoms with E-state index < -0.39 is 0 Å². The van der Waals surface area contributed by atoms with Gasteiger partial charge in [0.1, 0.15) is 0 Å². The van der Waals surface area contributed by atoms with E-state index in [9.17, 15) is 9.59 Å². The van der Waals surface area contributed by atoms with Crippen molar-refractivity contribution < 1.29 is 4.79 Å². The van der Waals surface area contributed by atoms with Crippen molar-refractivity contribution in [2.45, 2.75) is 39.5 Å². The van der Waals surface area contributed by atoms with Gasteiger partial charge < -0.3 is 15.2 Å². The van der Waals surface area contributed by atoms with Gasteiger partial charge in [0, 0.05) is 35.1 Å². The summed E-state index contributed by atoms with van der Waals surface area (Å²) in [5, 5.41) is 6.18. The Morgan fingerprint density at radius 3 is 2.77 bits per heavy atom. The molecule has 0 saturated carbocycles. The molecule has 2 N–H and O–H groups in total. The molecule has 180 valence electrons. The number of hydrogen-bond acceptors (Lipinski definition) is 5. The third-order valence-electron chi connectivity index (χ3n) is 6.06. The Hall–Kier alpha value is -3.71. The second-order valence-corrected chi connectivity index (χ2v) is 9.71. The van der Waals surface area contributed by atoms with E-state index >= 15 is 0 Å². The molecule has 3 aromatic rings. The van der Waals surface area contributed by atoms with E-state index in [1.165, 1.54) is 27.8 Å². The normalized spacial score (nSPS) is 13.5. The molecule has 7 heteroatoms. The summed E-state index contributed by atoms with van der Waals surface area (Å²) in [5.41, 5.74) is 4.87. The molecule has 1 aromatic carbocycles. The highest BCUT2D eigenvalue weighted by Gasteiger charge is 2.19.